The maximum absolute atomic E-state index is 5.64. The lowest BCUT2D eigenvalue weighted by molar-refractivity contribution is 0.414. The molecule has 8 rings (SSSR count). The fraction of sp³-hybridized carbons (Fsp3) is 0.0571. The largest absolute Gasteiger partial charge is 0.497 e. The highest BCUT2D eigenvalue weighted by atomic mass is 16.5. The van der Waals surface area contributed by atoms with E-state index in [-0.39, 0.29) is 0 Å². The Morgan fingerprint density at radius 1 is 0.658 bits per heavy atom. The molecule has 0 radical (unpaired) electrons. The number of ether oxygens (including phenoxy) is 1. The summed E-state index contributed by atoms with van der Waals surface area (Å²) in [5.41, 5.74) is 8.00. The minimum Gasteiger partial charge on any atom is -0.497 e. The van der Waals surface area contributed by atoms with Gasteiger partial charge in [0.05, 0.1) is 29.3 Å². The van der Waals surface area contributed by atoms with Gasteiger partial charge in [0.25, 0.3) is 0 Å². The molecule has 0 saturated heterocycles. The van der Waals surface area contributed by atoms with Crippen molar-refractivity contribution in [2.24, 2.45) is 0 Å². The van der Waals surface area contributed by atoms with Crippen LogP contribution in [-0.4, -0.2) is 16.7 Å². The Kier molecular flexibility index (Phi) is 4.36. The molecule has 180 valence electrons. The first-order valence-electron chi connectivity index (χ1n) is 12.9. The van der Waals surface area contributed by atoms with Crippen molar-refractivity contribution in [3.05, 3.63) is 115 Å². The molecule has 0 atom stereocenters. The fourth-order valence-corrected chi connectivity index (χ4v) is 6.31. The molecule has 8 aromatic rings. The maximum atomic E-state index is 5.64. The van der Waals surface area contributed by atoms with Gasteiger partial charge in [-0.2, -0.15) is 0 Å². The van der Waals surface area contributed by atoms with Gasteiger partial charge in [-0.25, -0.2) is 0 Å². The van der Waals surface area contributed by atoms with Crippen molar-refractivity contribution in [3.8, 4) is 22.6 Å². The highest BCUT2D eigenvalue weighted by Gasteiger charge is 2.20. The molecule has 0 saturated carbocycles. The van der Waals surface area contributed by atoms with Gasteiger partial charge in [-0.1, -0.05) is 66.7 Å². The van der Waals surface area contributed by atoms with E-state index in [1.54, 1.807) is 7.11 Å². The average molecular weight is 489 g/mol. The minimum absolute atomic E-state index is 0.852. The zero-order chi connectivity index (χ0) is 25.4. The molecule has 0 amide bonds. The molecule has 38 heavy (non-hydrogen) atoms. The SMILES string of the molecule is COc1cc(C)cc(-n2c3cccnc3c3c4ccc5ccc(-c6ccccc6)c6ccc(cc32)c4c56)c1. The summed E-state index contributed by atoms with van der Waals surface area (Å²) < 4.78 is 7.97. The Bertz CT molecular complexity index is 2170. The van der Waals surface area contributed by atoms with Crippen LogP contribution in [-0.2, 0) is 0 Å². The number of rotatable bonds is 3. The van der Waals surface area contributed by atoms with E-state index in [0.29, 0.717) is 0 Å². The number of aromatic nitrogens is 2. The van der Waals surface area contributed by atoms with E-state index in [0.717, 1.165) is 33.6 Å². The molecular weight excluding hydrogens is 464 g/mol. The van der Waals surface area contributed by atoms with E-state index in [1.807, 2.05) is 12.3 Å². The van der Waals surface area contributed by atoms with Crippen LogP contribution in [0.25, 0.3) is 71.1 Å². The Balaban J connectivity index is 1.55. The quantitative estimate of drug-likeness (QED) is 0.232. The smallest absolute Gasteiger partial charge is 0.121 e. The second-order valence-electron chi connectivity index (χ2n) is 10.1. The predicted octanol–water partition coefficient (Wildman–Crippen LogP) is 9.06. The molecule has 0 aliphatic heterocycles. The monoisotopic (exact) mass is 488 g/mol. The zero-order valence-corrected chi connectivity index (χ0v) is 21.2. The van der Waals surface area contributed by atoms with Crippen LogP contribution >= 0.6 is 0 Å². The molecule has 2 heterocycles. The van der Waals surface area contributed by atoms with Crippen LogP contribution in [0, 0.1) is 6.92 Å². The Morgan fingerprint density at radius 3 is 2.32 bits per heavy atom. The Labute approximate surface area is 219 Å². The molecule has 0 aliphatic rings. The number of hydrogen-bond acceptors (Lipinski definition) is 2. The van der Waals surface area contributed by atoms with Crippen molar-refractivity contribution >= 4 is 54.3 Å². The molecule has 3 nitrogen and oxygen atoms in total. The third-order valence-corrected chi connectivity index (χ3v) is 7.88. The molecule has 0 unspecified atom stereocenters. The van der Waals surface area contributed by atoms with Crippen LogP contribution in [0.1, 0.15) is 5.56 Å². The van der Waals surface area contributed by atoms with E-state index in [4.69, 9.17) is 9.72 Å². The number of fused-ring (bicyclic) bond motifs is 4. The van der Waals surface area contributed by atoms with Gasteiger partial charge in [0.15, 0.2) is 0 Å². The molecule has 6 aromatic carbocycles. The van der Waals surface area contributed by atoms with Crippen LogP contribution in [0.3, 0.4) is 0 Å². The lowest BCUT2D eigenvalue weighted by atomic mass is 9.89. The van der Waals surface area contributed by atoms with Crippen LogP contribution < -0.4 is 4.74 Å². The van der Waals surface area contributed by atoms with Gasteiger partial charge in [-0.3, -0.25) is 4.98 Å². The van der Waals surface area contributed by atoms with Gasteiger partial charge in [0.2, 0.25) is 0 Å². The normalized spacial score (nSPS) is 11.9. The first-order chi connectivity index (χ1) is 18.7. The molecular formula is C35H24N2O. The first kappa shape index (κ1) is 21.2. The second-order valence-corrected chi connectivity index (χ2v) is 10.1. The van der Waals surface area contributed by atoms with Gasteiger partial charge < -0.3 is 9.30 Å². The summed E-state index contributed by atoms with van der Waals surface area (Å²) in [5, 5.41) is 8.83. The van der Waals surface area contributed by atoms with E-state index >= 15 is 0 Å². The topological polar surface area (TPSA) is 27.1 Å². The summed E-state index contributed by atoms with van der Waals surface area (Å²) in [7, 11) is 1.72. The molecule has 2 aromatic heterocycles. The van der Waals surface area contributed by atoms with Crippen molar-refractivity contribution in [1.82, 2.24) is 9.55 Å². The summed E-state index contributed by atoms with van der Waals surface area (Å²) in [6.07, 6.45) is 1.90. The summed E-state index contributed by atoms with van der Waals surface area (Å²) in [4.78, 5) is 4.92. The number of pyridine rings is 1. The van der Waals surface area contributed by atoms with Gasteiger partial charge in [-0.15, -0.1) is 0 Å². The van der Waals surface area contributed by atoms with Crippen molar-refractivity contribution in [2.75, 3.05) is 7.11 Å². The van der Waals surface area contributed by atoms with E-state index in [2.05, 4.69) is 109 Å². The summed E-state index contributed by atoms with van der Waals surface area (Å²) in [6.45, 7) is 2.11. The fourth-order valence-electron chi connectivity index (χ4n) is 6.31. The molecule has 0 bridgehead atoms. The summed E-state index contributed by atoms with van der Waals surface area (Å²) >= 11 is 0. The Hall–Kier alpha value is -4.89. The number of aryl methyl sites for hydroxylation is 1. The molecule has 0 N–H and O–H groups in total. The van der Waals surface area contributed by atoms with Crippen molar-refractivity contribution < 1.29 is 4.74 Å². The molecule has 3 heteroatoms. The second kappa shape index (κ2) is 7.80. The highest BCUT2D eigenvalue weighted by molar-refractivity contribution is 6.33. The van der Waals surface area contributed by atoms with Crippen molar-refractivity contribution in [2.45, 2.75) is 6.92 Å². The minimum atomic E-state index is 0.852. The highest BCUT2D eigenvalue weighted by Crippen LogP contribution is 2.44. The van der Waals surface area contributed by atoms with E-state index in [1.165, 1.54) is 48.8 Å². The summed E-state index contributed by atoms with van der Waals surface area (Å²) in [6, 6.07) is 37.2. The lowest BCUT2D eigenvalue weighted by Crippen LogP contribution is -1.96. The Morgan fingerprint density at radius 2 is 1.45 bits per heavy atom. The number of methoxy groups -OCH3 is 1. The van der Waals surface area contributed by atoms with Gasteiger partial charge >= 0.3 is 0 Å². The average Bonchev–Trinajstić information content (AvgIpc) is 3.29. The van der Waals surface area contributed by atoms with Crippen LogP contribution in [0.2, 0.25) is 0 Å². The predicted molar refractivity (Wildman–Crippen MR) is 159 cm³/mol. The van der Waals surface area contributed by atoms with Gasteiger partial charge in [0, 0.05) is 17.6 Å². The third-order valence-electron chi connectivity index (χ3n) is 7.88. The summed E-state index contributed by atoms with van der Waals surface area (Å²) in [5.74, 6) is 0.852. The van der Waals surface area contributed by atoms with E-state index < -0.39 is 0 Å². The molecule has 0 fully saturated rings. The molecule has 0 aliphatic carbocycles. The van der Waals surface area contributed by atoms with Crippen LogP contribution in [0.15, 0.2) is 109 Å². The van der Waals surface area contributed by atoms with Gasteiger partial charge in [0.1, 0.15) is 5.75 Å². The first-order valence-corrected chi connectivity index (χ1v) is 12.9. The molecule has 0 spiro atoms. The van der Waals surface area contributed by atoms with Crippen molar-refractivity contribution in [3.63, 3.8) is 0 Å². The van der Waals surface area contributed by atoms with Crippen molar-refractivity contribution in [1.29, 1.82) is 0 Å². The maximum Gasteiger partial charge on any atom is 0.121 e. The van der Waals surface area contributed by atoms with Crippen LogP contribution in [0.5, 0.6) is 5.75 Å². The third kappa shape index (κ3) is 2.87. The zero-order valence-electron chi connectivity index (χ0n) is 21.2. The number of benzene rings is 6. The lowest BCUT2D eigenvalue weighted by Gasteiger charge is -2.16. The number of nitrogens with zero attached hydrogens (tertiary/aromatic N) is 2. The van der Waals surface area contributed by atoms with E-state index in [9.17, 15) is 0 Å². The number of hydrogen-bond donors (Lipinski definition) is 0. The standard InChI is InChI=1S/C35H24N2O/c1-21-17-25(20-26(18-21)38-2)37-30-9-6-16-36-35(30)34-29-15-11-23-10-13-27(22-7-4-3-5-8-22)28-14-12-24(19-31(34)37)33(29)32(23)28/h3-20H,1-2H3. The van der Waals surface area contributed by atoms with Gasteiger partial charge in [-0.05, 0) is 86.3 Å². The van der Waals surface area contributed by atoms with Crippen LogP contribution in [0.4, 0.5) is 0 Å².